The van der Waals surface area contributed by atoms with Gasteiger partial charge in [0.1, 0.15) is 0 Å². The number of ether oxygens (including phenoxy) is 1. The zero-order valence-electron chi connectivity index (χ0n) is 8.78. The third kappa shape index (κ3) is 7.58. The molecular formula is C10H18O4. The normalized spacial score (nSPS) is 12.1. The first-order valence-electron chi connectivity index (χ1n) is 4.97. The summed E-state index contributed by atoms with van der Waals surface area (Å²) >= 11 is 0. The summed E-state index contributed by atoms with van der Waals surface area (Å²) in [6.45, 7) is 3.90. The molecule has 0 bridgehead atoms. The van der Waals surface area contributed by atoms with Gasteiger partial charge < -0.3 is 9.84 Å². The van der Waals surface area contributed by atoms with E-state index >= 15 is 0 Å². The minimum Gasteiger partial charge on any atom is -0.481 e. The molecule has 0 unspecified atom stereocenters. The summed E-state index contributed by atoms with van der Waals surface area (Å²) in [6.07, 6.45) is 2.64. The van der Waals surface area contributed by atoms with Crippen LogP contribution in [-0.4, -0.2) is 23.1 Å². The molecule has 0 amide bonds. The Bertz CT molecular complexity index is 189. The van der Waals surface area contributed by atoms with Gasteiger partial charge in [0.15, 0.2) is 0 Å². The number of carbonyl (C=O) groups is 2. The lowest BCUT2D eigenvalue weighted by Crippen LogP contribution is -2.15. The van der Waals surface area contributed by atoms with E-state index in [4.69, 9.17) is 9.84 Å². The molecule has 0 saturated carbocycles. The Kier molecular flexibility index (Phi) is 6.80. The Hall–Kier alpha value is -1.06. The molecule has 0 saturated heterocycles. The smallest absolute Gasteiger partial charge is 0.306 e. The van der Waals surface area contributed by atoms with Gasteiger partial charge in [-0.15, -0.1) is 0 Å². The topological polar surface area (TPSA) is 63.6 Å². The molecule has 0 aromatic heterocycles. The average molecular weight is 202 g/mol. The van der Waals surface area contributed by atoms with Crippen molar-refractivity contribution in [3.05, 3.63) is 0 Å². The Balaban J connectivity index is 3.55. The second kappa shape index (κ2) is 7.35. The lowest BCUT2D eigenvalue weighted by atomic mass is 10.2. The zero-order valence-corrected chi connectivity index (χ0v) is 8.78. The van der Waals surface area contributed by atoms with Crippen LogP contribution in [0.4, 0.5) is 0 Å². The number of rotatable bonds is 7. The lowest BCUT2D eigenvalue weighted by Gasteiger charge is -2.11. The van der Waals surface area contributed by atoms with Crippen molar-refractivity contribution in [1.29, 1.82) is 0 Å². The fourth-order valence-electron chi connectivity index (χ4n) is 1.04. The number of carboxylic acid groups (broad SMARTS) is 1. The molecule has 0 aliphatic heterocycles. The minimum atomic E-state index is -0.969. The van der Waals surface area contributed by atoms with Gasteiger partial charge in [0, 0.05) is 0 Å². The molecule has 0 spiro atoms. The highest BCUT2D eigenvalue weighted by Crippen LogP contribution is 2.05. The van der Waals surface area contributed by atoms with E-state index in [9.17, 15) is 9.59 Å². The summed E-state index contributed by atoms with van der Waals surface area (Å²) in [4.78, 5) is 21.2. The van der Waals surface area contributed by atoms with Gasteiger partial charge >= 0.3 is 11.9 Å². The highest BCUT2D eigenvalue weighted by atomic mass is 16.5. The summed E-state index contributed by atoms with van der Waals surface area (Å²) in [7, 11) is 0. The summed E-state index contributed by atoms with van der Waals surface area (Å²) in [6, 6.07) is 0. The van der Waals surface area contributed by atoms with Gasteiger partial charge in [-0.05, 0) is 13.3 Å². The van der Waals surface area contributed by atoms with Crippen molar-refractivity contribution in [2.24, 2.45) is 0 Å². The van der Waals surface area contributed by atoms with E-state index in [2.05, 4.69) is 6.92 Å². The van der Waals surface area contributed by atoms with Crippen molar-refractivity contribution in [3.63, 3.8) is 0 Å². The molecule has 0 rings (SSSR count). The van der Waals surface area contributed by atoms with Crippen LogP contribution in [0.3, 0.4) is 0 Å². The predicted molar refractivity (Wildman–Crippen MR) is 51.9 cm³/mol. The van der Waals surface area contributed by atoms with Crippen LogP contribution < -0.4 is 0 Å². The van der Waals surface area contributed by atoms with E-state index in [0.717, 1.165) is 19.3 Å². The molecule has 0 aromatic rings. The Morgan fingerprint density at radius 1 is 1.36 bits per heavy atom. The number of carbonyl (C=O) groups excluding carboxylic acids is 1. The van der Waals surface area contributed by atoms with Gasteiger partial charge in [-0.25, -0.2) is 0 Å². The minimum absolute atomic E-state index is 0.0359. The van der Waals surface area contributed by atoms with Gasteiger partial charge in [0.25, 0.3) is 0 Å². The van der Waals surface area contributed by atoms with Gasteiger partial charge in [-0.3, -0.25) is 9.59 Å². The zero-order chi connectivity index (χ0) is 11.0. The maximum atomic E-state index is 11.0. The van der Waals surface area contributed by atoms with Crippen LogP contribution in [0, 0.1) is 0 Å². The SMILES string of the molecule is CCCC[C@H](C)OC(=O)CCC(=O)O. The molecule has 0 aliphatic rings. The van der Waals surface area contributed by atoms with Crippen molar-refractivity contribution in [2.75, 3.05) is 0 Å². The van der Waals surface area contributed by atoms with Crippen LogP contribution >= 0.6 is 0 Å². The second-order valence-corrected chi connectivity index (χ2v) is 3.34. The van der Waals surface area contributed by atoms with E-state index < -0.39 is 11.9 Å². The molecule has 4 nitrogen and oxygen atoms in total. The summed E-state index contributed by atoms with van der Waals surface area (Å²) in [5.74, 6) is -1.39. The Morgan fingerprint density at radius 2 is 2.00 bits per heavy atom. The quantitative estimate of drug-likeness (QED) is 0.641. The third-order valence-electron chi connectivity index (χ3n) is 1.84. The largest absolute Gasteiger partial charge is 0.481 e. The summed E-state index contributed by atoms with van der Waals surface area (Å²) in [5.41, 5.74) is 0. The number of hydrogen-bond acceptors (Lipinski definition) is 3. The fraction of sp³-hybridized carbons (Fsp3) is 0.800. The summed E-state index contributed by atoms with van der Waals surface area (Å²) < 4.78 is 5.00. The average Bonchev–Trinajstić information content (AvgIpc) is 2.11. The monoisotopic (exact) mass is 202 g/mol. The summed E-state index contributed by atoms with van der Waals surface area (Å²) in [5, 5.41) is 8.33. The van der Waals surface area contributed by atoms with Gasteiger partial charge in [-0.1, -0.05) is 19.8 Å². The van der Waals surface area contributed by atoms with Crippen molar-refractivity contribution in [3.8, 4) is 0 Å². The van der Waals surface area contributed by atoms with Crippen molar-refractivity contribution < 1.29 is 19.4 Å². The molecule has 1 N–H and O–H groups in total. The van der Waals surface area contributed by atoms with Crippen molar-refractivity contribution >= 4 is 11.9 Å². The van der Waals surface area contributed by atoms with Gasteiger partial charge in [0.05, 0.1) is 18.9 Å². The van der Waals surface area contributed by atoms with Gasteiger partial charge in [0.2, 0.25) is 0 Å². The van der Waals surface area contributed by atoms with Crippen LogP contribution in [0.15, 0.2) is 0 Å². The molecule has 0 fully saturated rings. The van der Waals surface area contributed by atoms with Crippen LogP contribution in [0.5, 0.6) is 0 Å². The molecule has 0 radical (unpaired) electrons. The van der Waals surface area contributed by atoms with Crippen LogP contribution in [-0.2, 0) is 14.3 Å². The van der Waals surface area contributed by atoms with Crippen molar-refractivity contribution in [2.45, 2.75) is 52.1 Å². The maximum Gasteiger partial charge on any atom is 0.306 e. The lowest BCUT2D eigenvalue weighted by molar-refractivity contribution is -0.151. The molecule has 0 aliphatic carbocycles. The second-order valence-electron chi connectivity index (χ2n) is 3.34. The van der Waals surface area contributed by atoms with E-state index in [1.807, 2.05) is 6.92 Å². The Morgan fingerprint density at radius 3 is 2.50 bits per heavy atom. The molecule has 4 heteroatoms. The predicted octanol–water partition coefficient (Wildman–Crippen LogP) is 1.97. The number of unbranched alkanes of at least 4 members (excludes halogenated alkanes) is 1. The molecular weight excluding hydrogens is 184 g/mol. The molecule has 14 heavy (non-hydrogen) atoms. The maximum absolute atomic E-state index is 11.0. The first-order valence-corrected chi connectivity index (χ1v) is 4.97. The number of esters is 1. The molecule has 0 aromatic carbocycles. The van der Waals surface area contributed by atoms with Crippen LogP contribution in [0.2, 0.25) is 0 Å². The van der Waals surface area contributed by atoms with Crippen LogP contribution in [0.1, 0.15) is 46.0 Å². The van der Waals surface area contributed by atoms with E-state index in [-0.39, 0.29) is 18.9 Å². The number of aliphatic carboxylic acids is 1. The molecule has 82 valence electrons. The fourth-order valence-corrected chi connectivity index (χ4v) is 1.04. The number of carboxylic acids is 1. The highest BCUT2D eigenvalue weighted by Gasteiger charge is 2.10. The van der Waals surface area contributed by atoms with Crippen LogP contribution in [0.25, 0.3) is 0 Å². The Labute approximate surface area is 84.3 Å². The van der Waals surface area contributed by atoms with E-state index in [1.54, 1.807) is 0 Å². The van der Waals surface area contributed by atoms with Gasteiger partial charge in [-0.2, -0.15) is 0 Å². The first kappa shape index (κ1) is 12.9. The molecule has 1 atom stereocenters. The van der Waals surface area contributed by atoms with E-state index in [1.165, 1.54) is 0 Å². The standard InChI is InChI=1S/C10H18O4/c1-3-4-5-8(2)14-10(13)7-6-9(11)12/h8H,3-7H2,1-2H3,(H,11,12)/t8-/m0/s1. The third-order valence-corrected chi connectivity index (χ3v) is 1.84. The number of hydrogen-bond donors (Lipinski definition) is 1. The molecule has 0 heterocycles. The van der Waals surface area contributed by atoms with Crippen molar-refractivity contribution in [1.82, 2.24) is 0 Å². The van der Waals surface area contributed by atoms with E-state index in [0.29, 0.717) is 0 Å². The first-order chi connectivity index (χ1) is 6.56. The highest BCUT2D eigenvalue weighted by molar-refractivity contribution is 5.76.